The van der Waals surface area contributed by atoms with Crippen molar-refractivity contribution >= 4 is 17.5 Å². The van der Waals surface area contributed by atoms with Gasteiger partial charge in [-0.2, -0.15) is 0 Å². The van der Waals surface area contributed by atoms with Crippen LogP contribution < -0.4 is 10.6 Å². The van der Waals surface area contributed by atoms with Gasteiger partial charge in [-0.25, -0.2) is 22.0 Å². The summed E-state index contributed by atoms with van der Waals surface area (Å²) in [5.74, 6) is -14.5. The smallest absolute Gasteiger partial charge is 0.313 e. The monoisotopic (exact) mass is 312 g/mol. The molecule has 0 saturated carbocycles. The Morgan fingerprint density at radius 3 is 1.81 bits per heavy atom. The molecule has 0 aliphatic rings. The fourth-order valence-electron chi connectivity index (χ4n) is 1.21. The zero-order valence-electron chi connectivity index (χ0n) is 10.4. The highest BCUT2D eigenvalue weighted by molar-refractivity contribution is 6.39. The summed E-state index contributed by atoms with van der Waals surface area (Å²) >= 11 is 0. The van der Waals surface area contributed by atoms with Gasteiger partial charge in [0.15, 0.2) is 23.3 Å². The predicted molar refractivity (Wildman–Crippen MR) is 59.6 cm³/mol. The summed E-state index contributed by atoms with van der Waals surface area (Å²) in [6, 6.07) is 0. The van der Waals surface area contributed by atoms with E-state index in [2.05, 4.69) is 0 Å². The number of rotatable bonds is 3. The van der Waals surface area contributed by atoms with E-state index in [1.165, 1.54) is 12.2 Å². The van der Waals surface area contributed by atoms with Crippen molar-refractivity contribution in [2.75, 3.05) is 11.9 Å². The second-order valence-corrected chi connectivity index (χ2v) is 3.96. The molecule has 2 amide bonds. The summed E-state index contributed by atoms with van der Waals surface area (Å²) in [7, 11) is 0. The molecule has 0 aromatic heterocycles. The molecule has 1 atom stereocenters. The largest absolute Gasteiger partial charge is 0.392 e. The van der Waals surface area contributed by atoms with Crippen LogP contribution in [0.5, 0.6) is 0 Å². The Hall–Kier alpha value is -2.23. The van der Waals surface area contributed by atoms with Gasteiger partial charge in [0.2, 0.25) is 5.82 Å². The van der Waals surface area contributed by atoms with E-state index in [0.29, 0.717) is 0 Å². The quantitative estimate of drug-likeness (QED) is 0.335. The molecule has 116 valence electrons. The van der Waals surface area contributed by atoms with E-state index >= 15 is 0 Å². The van der Waals surface area contributed by atoms with Crippen LogP contribution in [0.2, 0.25) is 0 Å². The third-order valence-electron chi connectivity index (χ3n) is 2.21. The van der Waals surface area contributed by atoms with Crippen LogP contribution in [0.4, 0.5) is 27.6 Å². The van der Waals surface area contributed by atoms with Crippen molar-refractivity contribution in [3.63, 3.8) is 0 Å². The van der Waals surface area contributed by atoms with Gasteiger partial charge in [0.1, 0.15) is 5.69 Å². The average molecular weight is 312 g/mol. The average Bonchev–Trinajstić information content (AvgIpc) is 2.44. The Morgan fingerprint density at radius 1 is 0.952 bits per heavy atom. The number of hydrogen-bond donors (Lipinski definition) is 3. The molecule has 21 heavy (non-hydrogen) atoms. The number of aliphatic hydroxyl groups excluding tert-OH is 1. The van der Waals surface area contributed by atoms with Gasteiger partial charge in [0, 0.05) is 6.54 Å². The second kappa shape index (κ2) is 6.48. The summed E-state index contributed by atoms with van der Waals surface area (Å²) in [5, 5.41) is 12.0. The lowest BCUT2D eigenvalue weighted by Gasteiger charge is -2.10. The number of amides is 2. The summed E-state index contributed by atoms with van der Waals surface area (Å²) in [4.78, 5) is 22.4. The Bertz CT molecular complexity index is 563. The van der Waals surface area contributed by atoms with Crippen LogP contribution in [0.3, 0.4) is 0 Å². The van der Waals surface area contributed by atoms with Crippen molar-refractivity contribution < 1.29 is 36.6 Å². The molecule has 1 unspecified atom stereocenters. The van der Waals surface area contributed by atoms with Gasteiger partial charge >= 0.3 is 11.8 Å². The van der Waals surface area contributed by atoms with Crippen molar-refractivity contribution in [2.24, 2.45) is 0 Å². The van der Waals surface area contributed by atoms with E-state index < -0.39 is 52.7 Å². The third-order valence-corrected chi connectivity index (χ3v) is 2.21. The molecule has 0 radical (unpaired) electrons. The Kier molecular flexibility index (Phi) is 5.19. The normalized spacial score (nSPS) is 12.0. The van der Waals surface area contributed by atoms with Crippen molar-refractivity contribution in [2.45, 2.75) is 13.0 Å². The highest BCUT2D eigenvalue weighted by Crippen LogP contribution is 2.26. The van der Waals surface area contributed by atoms with Gasteiger partial charge in [0.05, 0.1) is 6.10 Å². The van der Waals surface area contributed by atoms with Crippen molar-refractivity contribution in [1.29, 1.82) is 0 Å². The summed E-state index contributed by atoms with van der Waals surface area (Å²) < 4.78 is 64.9. The minimum Gasteiger partial charge on any atom is -0.392 e. The second-order valence-electron chi connectivity index (χ2n) is 3.96. The molecule has 0 bridgehead atoms. The van der Waals surface area contributed by atoms with Crippen LogP contribution >= 0.6 is 0 Å². The van der Waals surface area contributed by atoms with Crippen LogP contribution in [-0.4, -0.2) is 29.6 Å². The van der Waals surface area contributed by atoms with E-state index in [-0.39, 0.29) is 6.54 Å². The first kappa shape index (κ1) is 16.8. The molecule has 1 rings (SSSR count). The molecular formula is C11H9F5N2O3. The molecule has 0 aliphatic heterocycles. The van der Waals surface area contributed by atoms with Gasteiger partial charge in [-0.15, -0.1) is 0 Å². The lowest BCUT2D eigenvalue weighted by molar-refractivity contribution is -0.136. The first-order valence-electron chi connectivity index (χ1n) is 5.45. The maximum atomic E-state index is 13.2. The van der Waals surface area contributed by atoms with E-state index in [1.807, 2.05) is 5.32 Å². The number of carbonyl (C=O) groups excluding carboxylic acids is 2. The molecule has 3 N–H and O–H groups in total. The molecule has 0 heterocycles. The highest BCUT2D eigenvalue weighted by Gasteiger charge is 2.28. The maximum Gasteiger partial charge on any atom is 0.313 e. The van der Waals surface area contributed by atoms with Crippen molar-refractivity contribution in [3.8, 4) is 0 Å². The van der Waals surface area contributed by atoms with Crippen LogP contribution in [0.25, 0.3) is 0 Å². The molecule has 1 aromatic rings. The predicted octanol–water partition coefficient (Wildman–Crippen LogP) is 0.818. The molecule has 0 fully saturated rings. The zero-order chi connectivity index (χ0) is 16.3. The number of nitrogens with one attached hydrogen (secondary N) is 2. The van der Waals surface area contributed by atoms with E-state index in [4.69, 9.17) is 5.11 Å². The number of anilines is 1. The van der Waals surface area contributed by atoms with Crippen LogP contribution in [0, 0.1) is 29.1 Å². The third kappa shape index (κ3) is 3.66. The van der Waals surface area contributed by atoms with Crippen LogP contribution in [0.15, 0.2) is 0 Å². The number of halogens is 5. The van der Waals surface area contributed by atoms with Gasteiger partial charge < -0.3 is 15.7 Å². The first-order valence-corrected chi connectivity index (χ1v) is 5.45. The summed E-state index contributed by atoms with van der Waals surface area (Å²) in [5.41, 5.74) is -1.64. The zero-order valence-corrected chi connectivity index (χ0v) is 10.4. The molecule has 1 aromatic carbocycles. The van der Waals surface area contributed by atoms with Crippen LogP contribution in [0.1, 0.15) is 6.92 Å². The fraction of sp³-hybridized carbons (Fsp3) is 0.273. The Labute approximate surface area is 114 Å². The lowest BCUT2D eigenvalue weighted by atomic mass is 10.2. The van der Waals surface area contributed by atoms with Crippen molar-refractivity contribution in [3.05, 3.63) is 29.1 Å². The molecule has 0 saturated heterocycles. The number of carbonyl (C=O) groups is 2. The number of benzene rings is 1. The minimum absolute atomic E-state index is 0.344. The van der Waals surface area contributed by atoms with Crippen molar-refractivity contribution in [1.82, 2.24) is 5.32 Å². The minimum atomic E-state index is -2.39. The Balaban J connectivity index is 2.99. The number of aliphatic hydroxyl groups is 1. The molecule has 5 nitrogen and oxygen atoms in total. The molecule has 0 spiro atoms. The van der Waals surface area contributed by atoms with E-state index in [0.717, 1.165) is 0 Å². The highest BCUT2D eigenvalue weighted by atomic mass is 19.2. The molecule has 10 heteroatoms. The maximum absolute atomic E-state index is 13.2. The topological polar surface area (TPSA) is 78.4 Å². The fourth-order valence-corrected chi connectivity index (χ4v) is 1.21. The van der Waals surface area contributed by atoms with Gasteiger partial charge in [-0.1, -0.05) is 0 Å². The molecular weight excluding hydrogens is 303 g/mol. The Morgan fingerprint density at radius 2 is 1.38 bits per heavy atom. The number of hydrogen-bond acceptors (Lipinski definition) is 3. The van der Waals surface area contributed by atoms with E-state index in [9.17, 15) is 31.5 Å². The lowest BCUT2D eigenvalue weighted by Crippen LogP contribution is -2.39. The standard InChI is InChI=1S/C11H9F5N2O3/c1-3(19)2-17-10(20)11(21)18-9-7(15)5(13)4(12)6(14)8(9)16/h3,19H,2H2,1H3,(H,17,20)(H,18,21). The summed E-state index contributed by atoms with van der Waals surface area (Å²) in [6.07, 6.45) is -1.00. The van der Waals surface area contributed by atoms with Crippen LogP contribution in [-0.2, 0) is 9.59 Å². The molecule has 0 aliphatic carbocycles. The van der Waals surface area contributed by atoms with E-state index in [1.54, 1.807) is 0 Å². The summed E-state index contributed by atoms with van der Waals surface area (Å²) in [6.45, 7) is 0.936. The van der Waals surface area contributed by atoms with Gasteiger partial charge in [0.25, 0.3) is 0 Å². The first-order chi connectivity index (χ1) is 9.66. The van der Waals surface area contributed by atoms with Gasteiger partial charge in [-0.3, -0.25) is 9.59 Å². The SMILES string of the molecule is CC(O)CNC(=O)C(=O)Nc1c(F)c(F)c(F)c(F)c1F. The van der Waals surface area contributed by atoms with Gasteiger partial charge in [-0.05, 0) is 6.92 Å².